The molecule has 1 fully saturated rings. The predicted octanol–water partition coefficient (Wildman–Crippen LogP) is 2.99. The summed E-state index contributed by atoms with van der Waals surface area (Å²) in [7, 11) is 1.88. The molecule has 1 amide bonds. The fraction of sp³-hybridized carbons (Fsp3) is 0.611. The Morgan fingerprint density at radius 3 is 2.57 bits per heavy atom. The maximum atomic E-state index is 12.3. The molecule has 0 saturated heterocycles. The molecule has 0 aromatic heterocycles. The minimum absolute atomic E-state index is 0.0645. The highest BCUT2D eigenvalue weighted by Crippen LogP contribution is 2.26. The fourth-order valence-corrected chi connectivity index (χ4v) is 3.20. The highest BCUT2D eigenvalue weighted by molar-refractivity contribution is 5.81. The highest BCUT2D eigenvalue weighted by atomic mass is 16.2. The van der Waals surface area contributed by atoms with E-state index in [1.807, 2.05) is 42.3 Å². The molecule has 2 N–H and O–H groups in total. The van der Waals surface area contributed by atoms with Crippen molar-refractivity contribution in [2.24, 2.45) is 11.7 Å². The number of carbonyl (C=O) groups excluding carboxylic acids is 1. The zero-order chi connectivity index (χ0) is 15.1. The van der Waals surface area contributed by atoms with Gasteiger partial charge in [-0.15, -0.1) is 0 Å². The second kappa shape index (κ2) is 8.18. The van der Waals surface area contributed by atoms with Crippen LogP contribution in [0.4, 0.5) is 0 Å². The Balaban J connectivity index is 1.75. The molecule has 0 bridgehead atoms. The van der Waals surface area contributed by atoms with Gasteiger partial charge in [0.1, 0.15) is 0 Å². The largest absolute Gasteiger partial charge is 0.344 e. The maximum Gasteiger partial charge on any atom is 0.239 e. The van der Waals surface area contributed by atoms with Crippen molar-refractivity contribution in [3.8, 4) is 0 Å². The second-order valence-electron chi connectivity index (χ2n) is 6.35. The molecule has 1 aromatic rings. The fourth-order valence-electron chi connectivity index (χ4n) is 3.20. The number of carbonyl (C=O) groups is 1. The van der Waals surface area contributed by atoms with Gasteiger partial charge in [0.05, 0.1) is 6.04 Å². The second-order valence-corrected chi connectivity index (χ2v) is 6.35. The lowest BCUT2D eigenvalue weighted by Crippen LogP contribution is -2.43. The third-order valence-electron chi connectivity index (χ3n) is 4.59. The highest BCUT2D eigenvalue weighted by Gasteiger charge is 2.20. The van der Waals surface area contributed by atoms with E-state index in [9.17, 15) is 4.79 Å². The van der Waals surface area contributed by atoms with E-state index in [4.69, 9.17) is 5.73 Å². The first kappa shape index (κ1) is 16.0. The van der Waals surface area contributed by atoms with Crippen LogP contribution in [-0.4, -0.2) is 30.4 Å². The standard InChI is InChI=1S/C18H28N2O/c1-20(13-12-15-8-4-2-5-9-15)18(21)17(19)14-16-10-6-3-7-11-16/h3,6-7,10-11,15,17H,2,4-5,8-9,12-14,19H2,1H3/t17-/m0/s1. The van der Waals surface area contributed by atoms with Gasteiger partial charge in [0.15, 0.2) is 0 Å². The van der Waals surface area contributed by atoms with Crippen molar-refractivity contribution < 1.29 is 4.79 Å². The normalized spacial score (nSPS) is 17.4. The average molecular weight is 288 g/mol. The number of nitrogens with zero attached hydrogens (tertiary/aromatic N) is 1. The lowest BCUT2D eigenvalue weighted by molar-refractivity contribution is -0.131. The Hall–Kier alpha value is -1.35. The molecule has 1 aliphatic carbocycles. The lowest BCUT2D eigenvalue weighted by Gasteiger charge is -2.26. The maximum absolute atomic E-state index is 12.3. The van der Waals surface area contributed by atoms with Crippen molar-refractivity contribution >= 4 is 5.91 Å². The molecule has 0 heterocycles. The molecule has 3 heteroatoms. The molecule has 0 spiro atoms. The van der Waals surface area contributed by atoms with Gasteiger partial charge in [-0.1, -0.05) is 62.4 Å². The summed E-state index contributed by atoms with van der Waals surface area (Å²) in [6, 6.07) is 9.57. The Morgan fingerprint density at radius 2 is 1.90 bits per heavy atom. The molecule has 2 rings (SSSR count). The average Bonchev–Trinajstić information content (AvgIpc) is 2.53. The van der Waals surface area contributed by atoms with Gasteiger partial charge in [0.2, 0.25) is 5.91 Å². The molecule has 0 aliphatic heterocycles. The van der Waals surface area contributed by atoms with Crippen LogP contribution in [0.1, 0.15) is 44.1 Å². The lowest BCUT2D eigenvalue weighted by atomic mass is 9.87. The van der Waals surface area contributed by atoms with Gasteiger partial charge >= 0.3 is 0 Å². The number of benzene rings is 1. The summed E-state index contributed by atoms with van der Waals surface area (Å²) in [5, 5.41) is 0. The van der Waals surface area contributed by atoms with Crippen LogP contribution in [0, 0.1) is 5.92 Å². The molecule has 0 radical (unpaired) electrons. The van der Waals surface area contributed by atoms with Crippen LogP contribution in [0.25, 0.3) is 0 Å². The van der Waals surface area contributed by atoms with E-state index < -0.39 is 6.04 Å². The zero-order valence-electron chi connectivity index (χ0n) is 13.1. The molecule has 1 aliphatic rings. The van der Waals surface area contributed by atoms with Gasteiger partial charge in [0.25, 0.3) is 0 Å². The van der Waals surface area contributed by atoms with Crippen LogP contribution in [0.5, 0.6) is 0 Å². The Kier molecular flexibility index (Phi) is 6.24. The topological polar surface area (TPSA) is 46.3 Å². The monoisotopic (exact) mass is 288 g/mol. The predicted molar refractivity (Wildman–Crippen MR) is 87.0 cm³/mol. The van der Waals surface area contributed by atoms with Crippen molar-refractivity contribution in [3.63, 3.8) is 0 Å². The van der Waals surface area contributed by atoms with E-state index in [1.165, 1.54) is 32.1 Å². The van der Waals surface area contributed by atoms with Gasteiger partial charge in [-0.3, -0.25) is 4.79 Å². The van der Waals surface area contributed by atoms with E-state index >= 15 is 0 Å². The summed E-state index contributed by atoms with van der Waals surface area (Å²) in [5.41, 5.74) is 7.19. The van der Waals surface area contributed by atoms with Crippen molar-refractivity contribution in [1.82, 2.24) is 4.90 Å². The van der Waals surface area contributed by atoms with Gasteiger partial charge in [-0.25, -0.2) is 0 Å². The van der Waals surface area contributed by atoms with Crippen molar-refractivity contribution in [1.29, 1.82) is 0 Å². The SMILES string of the molecule is CN(CCC1CCCCC1)C(=O)[C@@H](N)Cc1ccccc1. The molecule has 1 atom stereocenters. The van der Waals surface area contributed by atoms with Crippen LogP contribution < -0.4 is 5.73 Å². The number of hydrogen-bond donors (Lipinski definition) is 1. The van der Waals surface area contributed by atoms with Crippen LogP contribution >= 0.6 is 0 Å². The Morgan fingerprint density at radius 1 is 1.24 bits per heavy atom. The number of amides is 1. The van der Waals surface area contributed by atoms with E-state index in [0.29, 0.717) is 6.42 Å². The number of hydrogen-bond acceptors (Lipinski definition) is 2. The summed E-state index contributed by atoms with van der Waals surface area (Å²) < 4.78 is 0. The summed E-state index contributed by atoms with van der Waals surface area (Å²) >= 11 is 0. The zero-order valence-corrected chi connectivity index (χ0v) is 13.1. The smallest absolute Gasteiger partial charge is 0.239 e. The number of nitrogens with two attached hydrogens (primary N) is 1. The third-order valence-corrected chi connectivity index (χ3v) is 4.59. The van der Waals surface area contributed by atoms with Crippen LogP contribution in [0.3, 0.4) is 0 Å². The first-order valence-electron chi connectivity index (χ1n) is 8.21. The van der Waals surface area contributed by atoms with Gasteiger partial charge in [-0.2, -0.15) is 0 Å². The summed E-state index contributed by atoms with van der Waals surface area (Å²) in [4.78, 5) is 14.1. The summed E-state index contributed by atoms with van der Waals surface area (Å²) in [5.74, 6) is 0.869. The first-order valence-corrected chi connectivity index (χ1v) is 8.21. The van der Waals surface area contributed by atoms with Crippen LogP contribution in [0.2, 0.25) is 0 Å². The molecule has 3 nitrogen and oxygen atoms in total. The number of likely N-dealkylation sites (N-methyl/N-ethyl adjacent to an activating group) is 1. The molecule has 0 unspecified atom stereocenters. The van der Waals surface area contributed by atoms with Gasteiger partial charge < -0.3 is 10.6 Å². The Bertz CT molecular complexity index is 426. The van der Waals surface area contributed by atoms with E-state index in [0.717, 1.165) is 24.4 Å². The summed E-state index contributed by atoms with van der Waals surface area (Å²) in [6.07, 6.45) is 8.50. The van der Waals surface area contributed by atoms with Crippen molar-refractivity contribution in [2.75, 3.05) is 13.6 Å². The van der Waals surface area contributed by atoms with Crippen LogP contribution in [-0.2, 0) is 11.2 Å². The van der Waals surface area contributed by atoms with Gasteiger partial charge in [-0.05, 0) is 24.3 Å². The minimum Gasteiger partial charge on any atom is -0.344 e. The van der Waals surface area contributed by atoms with Gasteiger partial charge in [0, 0.05) is 13.6 Å². The third kappa shape index (κ3) is 5.16. The molecule has 1 saturated carbocycles. The van der Waals surface area contributed by atoms with E-state index in [-0.39, 0.29) is 5.91 Å². The van der Waals surface area contributed by atoms with Crippen LogP contribution in [0.15, 0.2) is 30.3 Å². The molecular formula is C18H28N2O. The quantitative estimate of drug-likeness (QED) is 0.874. The molecule has 21 heavy (non-hydrogen) atoms. The number of rotatable bonds is 6. The molecule has 116 valence electrons. The van der Waals surface area contributed by atoms with E-state index in [2.05, 4.69) is 0 Å². The molecular weight excluding hydrogens is 260 g/mol. The summed E-state index contributed by atoms with van der Waals surface area (Å²) in [6.45, 7) is 0.839. The molecule has 1 aromatic carbocycles. The van der Waals surface area contributed by atoms with E-state index in [1.54, 1.807) is 0 Å². The minimum atomic E-state index is -0.427. The van der Waals surface area contributed by atoms with Crippen molar-refractivity contribution in [2.45, 2.75) is 51.0 Å². The van der Waals surface area contributed by atoms with Crippen molar-refractivity contribution in [3.05, 3.63) is 35.9 Å². The first-order chi connectivity index (χ1) is 10.2. The Labute approximate surface area is 128 Å².